The van der Waals surface area contributed by atoms with Crippen molar-refractivity contribution < 1.29 is 9.53 Å². The van der Waals surface area contributed by atoms with Gasteiger partial charge in [-0.25, -0.2) is 5.43 Å². The second-order valence-electron chi connectivity index (χ2n) is 6.53. The number of nitrogens with zero attached hydrogens (tertiary/aromatic N) is 1. The number of aryl methyl sites for hydroxylation is 1. The van der Waals surface area contributed by atoms with Crippen molar-refractivity contribution in [2.75, 3.05) is 0 Å². The molecule has 0 aliphatic heterocycles. The maximum absolute atomic E-state index is 12.7. The molecule has 4 rings (SSSR count). The predicted molar refractivity (Wildman–Crippen MR) is 111 cm³/mol. The first kappa shape index (κ1) is 18.3. The Morgan fingerprint density at radius 2 is 1.71 bits per heavy atom. The SMILES string of the molecule is O=C(N/N=C1\CCc2ccccc21)c1ccccc1OCc1ccccc1Cl. The van der Waals surface area contributed by atoms with Crippen molar-refractivity contribution in [2.24, 2.45) is 5.10 Å². The minimum absolute atomic E-state index is 0.284. The van der Waals surface area contributed by atoms with Crippen LogP contribution in [0.4, 0.5) is 0 Å². The number of hydrogen-bond acceptors (Lipinski definition) is 3. The maximum atomic E-state index is 12.7. The lowest BCUT2D eigenvalue weighted by Gasteiger charge is -2.11. The summed E-state index contributed by atoms with van der Waals surface area (Å²) in [6.45, 7) is 0.284. The third kappa shape index (κ3) is 3.92. The van der Waals surface area contributed by atoms with Crippen LogP contribution in [0.3, 0.4) is 0 Å². The second-order valence-corrected chi connectivity index (χ2v) is 6.94. The zero-order valence-corrected chi connectivity index (χ0v) is 15.9. The van der Waals surface area contributed by atoms with Crippen molar-refractivity contribution in [3.63, 3.8) is 0 Å². The van der Waals surface area contributed by atoms with Gasteiger partial charge in [-0.3, -0.25) is 4.79 Å². The number of fused-ring (bicyclic) bond motifs is 1. The number of para-hydroxylation sites is 1. The molecule has 1 N–H and O–H groups in total. The van der Waals surface area contributed by atoms with Crippen LogP contribution in [-0.4, -0.2) is 11.6 Å². The molecule has 0 fully saturated rings. The number of benzene rings is 3. The summed E-state index contributed by atoms with van der Waals surface area (Å²) in [7, 11) is 0. The molecular weight excluding hydrogens is 372 g/mol. The van der Waals surface area contributed by atoms with Gasteiger partial charge in [0.1, 0.15) is 12.4 Å². The molecule has 0 aromatic heterocycles. The molecule has 0 spiro atoms. The number of hydrazone groups is 1. The second kappa shape index (κ2) is 8.28. The molecule has 0 atom stereocenters. The monoisotopic (exact) mass is 390 g/mol. The van der Waals surface area contributed by atoms with Crippen molar-refractivity contribution in [3.05, 3.63) is 100 Å². The van der Waals surface area contributed by atoms with E-state index in [4.69, 9.17) is 16.3 Å². The van der Waals surface area contributed by atoms with Gasteiger partial charge < -0.3 is 4.74 Å². The average Bonchev–Trinajstić information content (AvgIpc) is 3.15. The first-order valence-corrected chi connectivity index (χ1v) is 9.50. The van der Waals surface area contributed by atoms with E-state index in [2.05, 4.69) is 16.6 Å². The zero-order chi connectivity index (χ0) is 19.3. The van der Waals surface area contributed by atoms with Crippen molar-refractivity contribution in [2.45, 2.75) is 19.4 Å². The lowest BCUT2D eigenvalue weighted by Crippen LogP contribution is -2.20. The number of amides is 1. The fourth-order valence-corrected chi connectivity index (χ4v) is 3.44. The van der Waals surface area contributed by atoms with Crippen LogP contribution >= 0.6 is 11.6 Å². The van der Waals surface area contributed by atoms with Crippen molar-refractivity contribution >= 4 is 23.2 Å². The molecule has 0 heterocycles. The summed E-state index contributed by atoms with van der Waals surface area (Å²) in [4.78, 5) is 12.7. The molecule has 1 aliphatic carbocycles. The molecule has 140 valence electrons. The molecule has 3 aromatic rings. The minimum Gasteiger partial charge on any atom is -0.488 e. The van der Waals surface area contributed by atoms with Crippen LogP contribution in [0.5, 0.6) is 5.75 Å². The zero-order valence-electron chi connectivity index (χ0n) is 15.2. The summed E-state index contributed by atoms with van der Waals surface area (Å²) in [5.41, 5.74) is 7.24. The molecule has 3 aromatic carbocycles. The van der Waals surface area contributed by atoms with Gasteiger partial charge in [0, 0.05) is 16.1 Å². The first-order valence-electron chi connectivity index (χ1n) is 9.13. The van der Waals surface area contributed by atoms with E-state index in [1.807, 2.05) is 48.5 Å². The summed E-state index contributed by atoms with van der Waals surface area (Å²) in [6, 6.07) is 22.7. The quantitative estimate of drug-likeness (QED) is 0.623. The number of carbonyl (C=O) groups excluding carboxylic acids is 1. The van der Waals surface area contributed by atoms with Crippen LogP contribution in [-0.2, 0) is 13.0 Å². The summed E-state index contributed by atoms with van der Waals surface area (Å²) in [6.07, 6.45) is 1.77. The Morgan fingerprint density at radius 3 is 2.61 bits per heavy atom. The Balaban J connectivity index is 1.48. The predicted octanol–water partition coefficient (Wildman–Crippen LogP) is 5.00. The molecular formula is C23H19ClN2O2. The van der Waals surface area contributed by atoms with Crippen molar-refractivity contribution in [1.29, 1.82) is 0 Å². The lowest BCUT2D eigenvalue weighted by atomic mass is 10.1. The molecule has 5 heteroatoms. The molecule has 28 heavy (non-hydrogen) atoms. The van der Waals surface area contributed by atoms with Crippen LogP contribution < -0.4 is 10.2 Å². The summed E-state index contributed by atoms with van der Waals surface area (Å²) in [5.74, 6) is 0.193. The van der Waals surface area contributed by atoms with Crippen molar-refractivity contribution in [1.82, 2.24) is 5.43 Å². The Morgan fingerprint density at radius 1 is 0.964 bits per heavy atom. The van der Waals surface area contributed by atoms with Gasteiger partial charge in [-0.15, -0.1) is 0 Å². The van der Waals surface area contributed by atoms with Gasteiger partial charge in [-0.05, 0) is 36.6 Å². The van der Waals surface area contributed by atoms with E-state index < -0.39 is 0 Å². The lowest BCUT2D eigenvalue weighted by molar-refractivity contribution is 0.0950. The molecule has 0 radical (unpaired) electrons. The molecule has 1 amide bonds. The summed E-state index contributed by atoms with van der Waals surface area (Å²) < 4.78 is 5.86. The van der Waals surface area contributed by atoms with E-state index in [1.165, 1.54) is 5.56 Å². The Bertz CT molecular complexity index is 1050. The van der Waals surface area contributed by atoms with Gasteiger partial charge in [0.15, 0.2) is 0 Å². The van der Waals surface area contributed by atoms with Crippen molar-refractivity contribution in [3.8, 4) is 5.75 Å². The van der Waals surface area contributed by atoms with Crippen LogP contribution in [0, 0.1) is 0 Å². The van der Waals surface area contributed by atoms with Gasteiger partial charge in [0.2, 0.25) is 0 Å². The largest absolute Gasteiger partial charge is 0.488 e. The average molecular weight is 391 g/mol. The fourth-order valence-electron chi connectivity index (χ4n) is 3.25. The number of carbonyl (C=O) groups is 1. The molecule has 0 unspecified atom stereocenters. The van der Waals surface area contributed by atoms with Crippen LogP contribution in [0.1, 0.15) is 33.5 Å². The van der Waals surface area contributed by atoms with Crippen LogP contribution in [0.2, 0.25) is 5.02 Å². The number of nitrogens with one attached hydrogen (secondary N) is 1. The highest BCUT2D eigenvalue weighted by molar-refractivity contribution is 6.31. The number of halogens is 1. The fraction of sp³-hybridized carbons (Fsp3) is 0.130. The highest BCUT2D eigenvalue weighted by Gasteiger charge is 2.18. The third-order valence-electron chi connectivity index (χ3n) is 4.72. The van der Waals surface area contributed by atoms with Gasteiger partial charge in [0.05, 0.1) is 11.3 Å². The highest BCUT2D eigenvalue weighted by atomic mass is 35.5. The maximum Gasteiger partial charge on any atom is 0.275 e. The molecule has 0 bridgehead atoms. The number of hydrogen-bond donors (Lipinski definition) is 1. The normalized spacial score (nSPS) is 14.0. The third-order valence-corrected chi connectivity index (χ3v) is 5.09. The Labute approximate surface area is 168 Å². The Hall–Kier alpha value is -3.11. The van der Waals surface area contributed by atoms with Gasteiger partial charge in [-0.1, -0.05) is 66.2 Å². The molecule has 0 saturated carbocycles. The molecule has 1 aliphatic rings. The number of ether oxygens (including phenoxy) is 1. The van der Waals surface area contributed by atoms with E-state index in [1.54, 1.807) is 18.2 Å². The smallest absolute Gasteiger partial charge is 0.275 e. The Kier molecular flexibility index (Phi) is 5.40. The van der Waals surface area contributed by atoms with Crippen LogP contribution in [0.25, 0.3) is 0 Å². The van der Waals surface area contributed by atoms with Gasteiger partial charge in [0.25, 0.3) is 5.91 Å². The van der Waals surface area contributed by atoms with E-state index in [0.29, 0.717) is 16.3 Å². The molecule has 0 saturated heterocycles. The van der Waals surface area contributed by atoms with E-state index in [9.17, 15) is 4.79 Å². The van der Waals surface area contributed by atoms with Gasteiger partial charge >= 0.3 is 0 Å². The summed E-state index contributed by atoms with van der Waals surface area (Å²) in [5, 5.41) is 4.99. The molecule has 4 nitrogen and oxygen atoms in total. The topological polar surface area (TPSA) is 50.7 Å². The van der Waals surface area contributed by atoms with Crippen LogP contribution in [0.15, 0.2) is 77.9 Å². The number of rotatable bonds is 5. The van der Waals surface area contributed by atoms with E-state index in [-0.39, 0.29) is 12.5 Å². The first-order chi connectivity index (χ1) is 13.7. The standard InChI is InChI=1S/C23H19ClN2O2/c24-20-11-5-2-8-17(20)15-28-22-12-6-4-10-19(22)23(27)26-25-21-14-13-16-7-1-3-9-18(16)21/h1-12H,13-15H2,(H,26,27)/b25-21+. The van der Waals surface area contributed by atoms with E-state index >= 15 is 0 Å². The van der Waals surface area contributed by atoms with Gasteiger partial charge in [-0.2, -0.15) is 5.10 Å². The highest BCUT2D eigenvalue weighted by Crippen LogP contribution is 2.23. The summed E-state index contributed by atoms with van der Waals surface area (Å²) >= 11 is 6.18. The van der Waals surface area contributed by atoms with E-state index in [0.717, 1.165) is 29.7 Å². The minimum atomic E-state index is -0.299.